The van der Waals surface area contributed by atoms with E-state index >= 15 is 0 Å². The Kier molecular flexibility index (Phi) is 5.89. The van der Waals surface area contributed by atoms with Crippen molar-refractivity contribution < 1.29 is 9.53 Å². The summed E-state index contributed by atoms with van der Waals surface area (Å²) in [6.45, 7) is 5.97. The first-order valence-electron chi connectivity index (χ1n) is 6.47. The second-order valence-corrected chi connectivity index (χ2v) is 5.77. The van der Waals surface area contributed by atoms with Crippen LogP contribution in [-0.2, 0) is 4.74 Å². The second kappa shape index (κ2) is 7.20. The Morgan fingerprint density at radius 1 is 1.45 bits per heavy atom. The van der Waals surface area contributed by atoms with Crippen LogP contribution < -0.4 is 11.1 Å². The van der Waals surface area contributed by atoms with Gasteiger partial charge in [-0.1, -0.05) is 29.8 Å². The van der Waals surface area contributed by atoms with Crippen LogP contribution in [0.3, 0.4) is 0 Å². The van der Waals surface area contributed by atoms with E-state index < -0.39 is 11.7 Å². The highest BCUT2D eigenvalue weighted by atomic mass is 35.5. The standard InChI is InChI=1S/C15H21ClN2O2/c1-15(2,3)20-14(19)18-10-5-4-7-11-12(16)8-6-9-13(11)17/h4,6-9H,5,10,17H2,1-3H3,(H,18,19). The van der Waals surface area contributed by atoms with Gasteiger partial charge in [-0.25, -0.2) is 4.79 Å². The summed E-state index contributed by atoms with van der Waals surface area (Å²) in [4.78, 5) is 11.4. The van der Waals surface area contributed by atoms with E-state index in [-0.39, 0.29) is 0 Å². The average molecular weight is 297 g/mol. The number of carbonyl (C=O) groups is 1. The van der Waals surface area contributed by atoms with Crippen molar-refractivity contribution in [3.63, 3.8) is 0 Å². The fraction of sp³-hybridized carbons (Fsp3) is 0.400. The van der Waals surface area contributed by atoms with E-state index in [0.29, 0.717) is 23.7 Å². The molecule has 0 bridgehead atoms. The molecule has 0 heterocycles. The minimum Gasteiger partial charge on any atom is -0.444 e. The van der Waals surface area contributed by atoms with Crippen LogP contribution in [0, 0.1) is 0 Å². The molecular formula is C15H21ClN2O2. The van der Waals surface area contributed by atoms with Crippen molar-refractivity contribution in [1.29, 1.82) is 0 Å². The maximum atomic E-state index is 11.4. The van der Waals surface area contributed by atoms with Gasteiger partial charge in [0.25, 0.3) is 0 Å². The van der Waals surface area contributed by atoms with Crippen molar-refractivity contribution in [1.82, 2.24) is 5.32 Å². The summed E-state index contributed by atoms with van der Waals surface area (Å²) in [5, 5.41) is 3.29. The Balaban J connectivity index is 2.38. The summed E-state index contributed by atoms with van der Waals surface area (Å²) in [6, 6.07) is 5.39. The smallest absolute Gasteiger partial charge is 0.407 e. The highest BCUT2D eigenvalue weighted by molar-refractivity contribution is 6.32. The molecule has 0 aromatic heterocycles. The average Bonchev–Trinajstić information content (AvgIpc) is 2.29. The Morgan fingerprint density at radius 3 is 2.75 bits per heavy atom. The lowest BCUT2D eigenvalue weighted by molar-refractivity contribution is 0.0529. The van der Waals surface area contributed by atoms with Crippen LogP contribution in [0.1, 0.15) is 32.8 Å². The van der Waals surface area contributed by atoms with Crippen LogP contribution in [0.4, 0.5) is 10.5 Å². The third-order valence-electron chi connectivity index (χ3n) is 2.35. The van der Waals surface area contributed by atoms with E-state index in [1.165, 1.54) is 0 Å². The van der Waals surface area contributed by atoms with Gasteiger partial charge in [-0.3, -0.25) is 0 Å². The highest BCUT2D eigenvalue weighted by Gasteiger charge is 2.15. The summed E-state index contributed by atoms with van der Waals surface area (Å²) >= 11 is 6.04. The molecule has 0 spiro atoms. The van der Waals surface area contributed by atoms with Gasteiger partial charge in [0.1, 0.15) is 5.60 Å². The van der Waals surface area contributed by atoms with Gasteiger partial charge in [-0.2, -0.15) is 0 Å². The number of hydrogen-bond donors (Lipinski definition) is 2. The van der Waals surface area contributed by atoms with E-state index in [1.807, 2.05) is 32.9 Å². The van der Waals surface area contributed by atoms with Crippen LogP contribution in [-0.4, -0.2) is 18.2 Å². The SMILES string of the molecule is CC(C)(C)OC(=O)NCCC=Cc1c(N)cccc1Cl. The number of rotatable bonds is 4. The number of nitrogens with two attached hydrogens (primary N) is 1. The summed E-state index contributed by atoms with van der Waals surface area (Å²) < 4.78 is 5.13. The maximum absolute atomic E-state index is 11.4. The van der Waals surface area contributed by atoms with Crippen molar-refractivity contribution in [3.05, 3.63) is 34.9 Å². The molecule has 1 amide bonds. The number of nitrogens with one attached hydrogen (secondary N) is 1. The lowest BCUT2D eigenvalue weighted by Crippen LogP contribution is -2.32. The quantitative estimate of drug-likeness (QED) is 0.655. The lowest BCUT2D eigenvalue weighted by Gasteiger charge is -2.19. The van der Waals surface area contributed by atoms with E-state index in [4.69, 9.17) is 22.1 Å². The molecule has 0 saturated carbocycles. The Bertz CT molecular complexity index is 473. The first-order valence-corrected chi connectivity index (χ1v) is 6.85. The van der Waals surface area contributed by atoms with E-state index in [1.54, 1.807) is 18.2 Å². The minimum absolute atomic E-state index is 0.414. The fourth-order valence-corrected chi connectivity index (χ4v) is 1.75. The molecule has 5 heteroatoms. The van der Waals surface area contributed by atoms with Crippen molar-refractivity contribution in [2.75, 3.05) is 12.3 Å². The van der Waals surface area contributed by atoms with Crippen molar-refractivity contribution in [2.45, 2.75) is 32.8 Å². The summed E-state index contributed by atoms with van der Waals surface area (Å²) in [5.41, 5.74) is 6.78. The van der Waals surface area contributed by atoms with Gasteiger partial charge in [-0.05, 0) is 39.3 Å². The predicted molar refractivity (Wildman–Crippen MR) is 83.8 cm³/mol. The zero-order chi connectivity index (χ0) is 15.2. The van der Waals surface area contributed by atoms with Crippen LogP contribution in [0.5, 0.6) is 0 Å². The molecule has 0 aliphatic heterocycles. The van der Waals surface area contributed by atoms with Crippen LogP contribution >= 0.6 is 11.6 Å². The monoisotopic (exact) mass is 296 g/mol. The van der Waals surface area contributed by atoms with Crippen LogP contribution in [0.15, 0.2) is 24.3 Å². The van der Waals surface area contributed by atoms with Gasteiger partial charge in [0.05, 0.1) is 0 Å². The molecule has 0 atom stereocenters. The predicted octanol–water partition coefficient (Wildman–Crippen LogP) is 3.85. The molecule has 0 radical (unpaired) electrons. The molecule has 0 aliphatic carbocycles. The molecule has 0 fully saturated rings. The van der Waals surface area contributed by atoms with Crippen LogP contribution in [0.25, 0.3) is 6.08 Å². The maximum Gasteiger partial charge on any atom is 0.407 e. The molecular weight excluding hydrogens is 276 g/mol. The van der Waals surface area contributed by atoms with Gasteiger partial charge in [0.2, 0.25) is 0 Å². The molecule has 20 heavy (non-hydrogen) atoms. The third-order valence-corrected chi connectivity index (χ3v) is 2.68. The molecule has 0 saturated heterocycles. The fourth-order valence-electron chi connectivity index (χ4n) is 1.50. The summed E-state index contributed by atoms with van der Waals surface area (Å²) in [5.74, 6) is 0. The number of carbonyl (C=O) groups excluding carboxylic acids is 1. The number of amides is 1. The number of nitrogen functional groups attached to an aromatic ring is 1. The Labute approximate surface area is 124 Å². The first-order chi connectivity index (χ1) is 9.29. The Morgan fingerprint density at radius 2 is 2.15 bits per heavy atom. The first kappa shape index (κ1) is 16.4. The van der Waals surface area contributed by atoms with Gasteiger partial charge < -0.3 is 15.8 Å². The van der Waals surface area contributed by atoms with Crippen molar-refractivity contribution >= 4 is 29.5 Å². The zero-order valence-corrected chi connectivity index (χ0v) is 12.8. The molecule has 1 aromatic rings. The largest absolute Gasteiger partial charge is 0.444 e. The van der Waals surface area contributed by atoms with Crippen LogP contribution in [0.2, 0.25) is 5.02 Å². The topological polar surface area (TPSA) is 64.3 Å². The number of hydrogen-bond acceptors (Lipinski definition) is 3. The van der Waals surface area contributed by atoms with Gasteiger partial charge in [0, 0.05) is 22.8 Å². The van der Waals surface area contributed by atoms with Crippen molar-refractivity contribution in [3.8, 4) is 0 Å². The summed E-state index contributed by atoms with van der Waals surface area (Å²) in [6.07, 6.45) is 4.02. The Hall–Kier alpha value is -1.68. The molecule has 110 valence electrons. The molecule has 1 aromatic carbocycles. The normalized spacial score (nSPS) is 11.6. The number of benzene rings is 1. The summed E-state index contributed by atoms with van der Waals surface area (Å²) in [7, 11) is 0. The molecule has 3 N–H and O–H groups in total. The number of alkyl carbamates (subject to hydrolysis) is 1. The minimum atomic E-state index is -0.480. The third kappa shape index (κ3) is 5.97. The van der Waals surface area contributed by atoms with Gasteiger partial charge >= 0.3 is 6.09 Å². The molecule has 1 rings (SSSR count). The lowest BCUT2D eigenvalue weighted by atomic mass is 10.1. The highest BCUT2D eigenvalue weighted by Crippen LogP contribution is 2.23. The molecule has 4 nitrogen and oxygen atoms in total. The number of ether oxygens (including phenoxy) is 1. The van der Waals surface area contributed by atoms with E-state index in [9.17, 15) is 4.79 Å². The van der Waals surface area contributed by atoms with Gasteiger partial charge in [-0.15, -0.1) is 0 Å². The van der Waals surface area contributed by atoms with E-state index in [0.717, 1.165) is 5.56 Å². The van der Waals surface area contributed by atoms with Gasteiger partial charge in [0.15, 0.2) is 0 Å². The molecule has 0 unspecified atom stereocenters. The van der Waals surface area contributed by atoms with Crippen molar-refractivity contribution in [2.24, 2.45) is 0 Å². The second-order valence-electron chi connectivity index (χ2n) is 5.36. The number of halogens is 1. The van der Waals surface area contributed by atoms with E-state index in [2.05, 4.69) is 5.32 Å². The number of anilines is 1. The molecule has 0 aliphatic rings. The zero-order valence-electron chi connectivity index (χ0n) is 12.1.